The third kappa shape index (κ3) is 5.07. The predicted octanol–water partition coefficient (Wildman–Crippen LogP) is 2.66. The second-order valence-corrected chi connectivity index (χ2v) is 9.68. The second kappa shape index (κ2) is 9.47. The number of carbonyl (C=O) groups excluding carboxylic acids is 1. The zero-order valence-corrected chi connectivity index (χ0v) is 19.2. The summed E-state index contributed by atoms with van der Waals surface area (Å²) in [7, 11) is -4.01. The number of piperazine rings is 1. The molecule has 2 aromatic rings. The molecule has 2 aliphatic heterocycles. The van der Waals surface area contributed by atoms with E-state index in [-0.39, 0.29) is 36.8 Å². The lowest BCUT2D eigenvalue weighted by molar-refractivity contribution is 0.107. The summed E-state index contributed by atoms with van der Waals surface area (Å²) in [6.07, 6.45) is -2.59. The number of nitrogens with zero attached hydrogens (tertiary/aromatic N) is 3. The molecular formula is C22H24FN3O7S. The number of anilines is 2. The summed E-state index contributed by atoms with van der Waals surface area (Å²) in [6, 6.07) is 10.5. The summed E-state index contributed by atoms with van der Waals surface area (Å²) in [5, 5.41) is 9.05. The number of ether oxygens (including phenoxy) is 1. The quantitative estimate of drug-likeness (QED) is 0.611. The Hall–Kier alpha value is -3.38. The molecule has 4 rings (SSSR count). The van der Waals surface area contributed by atoms with Crippen LogP contribution in [0, 0.1) is 12.7 Å². The Bertz CT molecular complexity index is 1180. The van der Waals surface area contributed by atoms with Gasteiger partial charge in [-0.15, -0.1) is 0 Å². The van der Waals surface area contributed by atoms with Crippen LogP contribution in [0.25, 0.3) is 0 Å². The van der Waals surface area contributed by atoms with Gasteiger partial charge in [-0.2, -0.15) is 8.42 Å². The molecule has 0 spiro atoms. The fourth-order valence-electron chi connectivity index (χ4n) is 3.82. The first kappa shape index (κ1) is 23.8. The highest BCUT2D eigenvalue weighted by Crippen LogP contribution is 2.29. The fourth-order valence-corrected chi connectivity index (χ4v) is 4.75. The van der Waals surface area contributed by atoms with E-state index in [4.69, 9.17) is 14.0 Å². The first-order valence-corrected chi connectivity index (χ1v) is 12.0. The molecule has 12 heteroatoms. The van der Waals surface area contributed by atoms with E-state index < -0.39 is 34.2 Å². The zero-order chi connectivity index (χ0) is 24.5. The van der Waals surface area contributed by atoms with E-state index in [0.717, 1.165) is 5.56 Å². The van der Waals surface area contributed by atoms with Crippen LogP contribution in [-0.2, 0) is 19.0 Å². The average molecular weight is 494 g/mol. The average Bonchev–Trinajstić information content (AvgIpc) is 3.18. The maximum atomic E-state index is 14.8. The Morgan fingerprint density at radius 1 is 1.15 bits per heavy atom. The van der Waals surface area contributed by atoms with Crippen LogP contribution in [0.15, 0.2) is 47.4 Å². The standard InChI is InChI=1S/C22H24FN3O7S/c1-15-2-5-18(6-3-15)34(30,31)32-14-17-13-26(22(29)33-17)16-4-7-20(19(23)12-16)24-8-10-25(11-9-24)21(27)28/h2-7,12,17H,8-11,13-14H2,1H3,(H,27,28). The van der Waals surface area contributed by atoms with E-state index in [2.05, 4.69) is 0 Å². The van der Waals surface area contributed by atoms with E-state index in [0.29, 0.717) is 18.8 Å². The Morgan fingerprint density at radius 3 is 2.44 bits per heavy atom. The van der Waals surface area contributed by atoms with Crippen molar-refractivity contribution in [3.8, 4) is 0 Å². The molecule has 2 amide bonds. The van der Waals surface area contributed by atoms with Crippen LogP contribution in [0.1, 0.15) is 5.56 Å². The van der Waals surface area contributed by atoms with Gasteiger partial charge >= 0.3 is 12.2 Å². The summed E-state index contributed by atoms with van der Waals surface area (Å²) < 4.78 is 49.8. The van der Waals surface area contributed by atoms with E-state index in [1.807, 2.05) is 6.92 Å². The highest BCUT2D eigenvalue weighted by atomic mass is 32.2. The van der Waals surface area contributed by atoms with Crippen LogP contribution >= 0.6 is 0 Å². The molecule has 0 saturated carbocycles. The maximum Gasteiger partial charge on any atom is 0.414 e. The lowest BCUT2D eigenvalue weighted by Crippen LogP contribution is -2.48. The first-order chi connectivity index (χ1) is 16.1. The molecule has 1 unspecified atom stereocenters. The number of hydrogen-bond donors (Lipinski definition) is 1. The largest absolute Gasteiger partial charge is 0.465 e. The van der Waals surface area contributed by atoms with Crippen LogP contribution in [-0.4, -0.2) is 76.0 Å². The molecule has 0 bridgehead atoms. The number of rotatable bonds is 6. The van der Waals surface area contributed by atoms with Gasteiger partial charge in [0.25, 0.3) is 10.1 Å². The molecule has 0 radical (unpaired) electrons. The molecule has 2 aromatic carbocycles. The molecule has 1 atom stereocenters. The predicted molar refractivity (Wildman–Crippen MR) is 120 cm³/mol. The number of carboxylic acid groups (broad SMARTS) is 1. The molecule has 2 saturated heterocycles. The van der Waals surface area contributed by atoms with Crippen molar-refractivity contribution < 1.29 is 36.4 Å². The van der Waals surface area contributed by atoms with Crippen LogP contribution in [0.3, 0.4) is 0 Å². The number of benzene rings is 2. The minimum Gasteiger partial charge on any atom is -0.465 e. The van der Waals surface area contributed by atoms with Gasteiger partial charge < -0.3 is 19.6 Å². The molecule has 2 fully saturated rings. The molecule has 182 valence electrons. The SMILES string of the molecule is Cc1ccc(S(=O)(=O)OCC2CN(c3ccc(N4CCN(C(=O)O)CC4)c(F)c3)C(=O)O2)cc1. The van der Waals surface area contributed by atoms with Crippen LogP contribution in [0.4, 0.5) is 25.4 Å². The zero-order valence-electron chi connectivity index (χ0n) is 18.4. The number of hydrogen-bond acceptors (Lipinski definition) is 7. The van der Waals surface area contributed by atoms with Crippen molar-refractivity contribution >= 4 is 33.7 Å². The van der Waals surface area contributed by atoms with E-state index in [9.17, 15) is 22.4 Å². The Morgan fingerprint density at radius 2 is 1.82 bits per heavy atom. The molecular weight excluding hydrogens is 469 g/mol. The Balaban J connectivity index is 1.38. The number of carbonyl (C=O) groups is 2. The Labute approximate surface area is 196 Å². The highest BCUT2D eigenvalue weighted by molar-refractivity contribution is 7.86. The van der Waals surface area contributed by atoms with Crippen LogP contribution in [0.5, 0.6) is 0 Å². The molecule has 10 nitrogen and oxygen atoms in total. The van der Waals surface area contributed by atoms with Gasteiger partial charge in [-0.05, 0) is 37.3 Å². The van der Waals surface area contributed by atoms with Crippen LogP contribution < -0.4 is 9.80 Å². The third-order valence-electron chi connectivity index (χ3n) is 5.73. The van der Waals surface area contributed by atoms with Gasteiger partial charge in [0, 0.05) is 26.2 Å². The maximum absolute atomic E-state index is 14.8. The summed E-state index contributed by atoms with van der Waals surface area (Å²) in [6.45, 7) is 2.69. The minimum absolute atomic E-state index is 0.00104. The van der Waals surface area contributed by atoms with Gasteiger partial charge in [-0.1, -0.05) is 17.7 Å². The lowest BCUT2D eigenvalue weighted by atomic mass is 10.2. The van der Waals surface area contributed by atoms with Gasteiger partial charge in [0.05, 0.1) is 22.8 Å². The molecule has 2 heterocycles. The van der Waals surface area contributed by atoms with Crippen molar-refractivity contribution in [3.05, 3.63) is 53.8 Å². The van der Waals surface area contributed by atoms with Crippen molar-refractivity contribution in [1.82, 2.24) is 4.90 Å². The summed E-state index contributed by atoms with van der Waals surface area (Å²) in [4.78, 5) is 27.6. The molecule has 1 N–H and O–H groups in total. The van der Waals surface area contributed by atoms with E-state index in [1.165, 1.54) is 34.1 Å². The number of aryl methyl sites for hydroxylation is 1. The normalized spacial score (nSPS) is 18.8. The number of cyclic esters (lactones) is 1. The third-order valence-corrected chi connectivity index (χ3v) is 7.02. The summed E-state index contributed by atoms with van der Waals surface area (Å²) in [5.41, 5.74) is 1.48. The van der Waals surface area contributed by atoms with Gasteiger partial charge in [0.15, 0.2) is 0 Å². The molecule has 0 aromatic heterocycles. The molecule has 2 aliphatic rings. The Kier molecular flexibility index (Phi) is 6.62. The highest BCUT2D eigenvalue weighted by Gasteiger charge is 2.34. The van der Waals surface area contributed by atoms with Crippen LogP contribution in [0.2, 0.25) is 0 Å². The lowest BCUT2D eigenvalue weighted by Gasteiger charge is -2.34. The summed E-state index contributed by atoms with van der Waals surface area (Å²) in [5.74, 6) is -0.560. The van der Waals surface area contributed by atoms with Gasteiger partial charge in [0.2, 0.25) is 0 Å². The summed E-state index contributed by atoms with van der Waals surface area (Å²) >= 11 is 0. The fraction of sp³-hybridized carbons (Fsp3) is 0.364. The van der Waals surface area contributed by atoms with Crippen molar-refractivity contribution in [2.75, 3.05) is 49.1 Å². The van der Waals surface area contributed by atoms with E-state index in [1.54, 1.807) is 23.1 Å². The van der Waals surface area contributed by atoms with Crippen molar-refractivity contribution in [2.24, 2.45) is 0 Å². The number of amides is 2. The van der Waals surface area contributed by atoms with Crippen molar-refractivity contribution in [3.63, 3.8) is 0 Å². The monoisotopic (exact) mass is 493 g/mol. The van der Waals surface area contributed by atoms with Crippen molar-refractivity contribution in [1.29, 1.82) is 0 Å². The van der Waals surface area contributed by atoms with Gasteiger partial charge in [0.1, 0.15) is 18.5 Å². The van der Waals surface area contributed by atoms with Gasteiger partial charge in [-0.25, -0.2) is 14.0 Å². The minimum atomic E-state index is -4.01. The second-order valence-electron chi connectivity index (χ2n) is 8.06. The smallest absolute Gasteiger partial charge is 0.414 e. The van der Waals surface area contributed by atoms with Crippen molar-refractivity contribution in [2.45, 2.75) is 17.9 Å². The first-order valence-electron chi connectivity index (χ1n) is 10.6. The number of halogens is 1. The van der Waals surface area contributed by atoms with Gasteiger partial charge in [-0.3, -0.25) is 9.08 Å². The molecule has 0 aliphatic carbocycles. The topological polar surface area (TPSA) is 117 Å². The van der Waals surface area contributed by atoms with E-state index >= 15 is 0 Å². The molecule has 34 heavy (non-hydrogen) atoms.